The lowest BCUT2D eigenvalue weighted by Gasteiger charge is -2.28. The lowest BCUT2D eigenvalue weighted by atomic mass is 9.91. The standard InChI is InChI=1S/C26H24ClNO2/c1-17(2)19-10-12-21(13-11-19)24-23(20-6-4-3-5-7-20)25(29)26(30)28(24)16-18-8-14-22(27)15-9-18/h3-15,17,24,29H,16H2,1-2H3. The Morgan fingerprint density at radius 1 is 0.933 bits per heavy atom. The van der Waals surface area contributed by atoms with Crippen LogP contribution in [0.25, 0.3) is 5.57 Å². The molecule has 3 aromatic rings. The highest BCUT2D eigenvalue weighted by molar-refractivity contribution is 6.30. The first kappa shape index (κ1) is 20.2. The predicted octanol–water partition coefficient (Wildman–Crippen LogP) is 6.52. The molecule has 1 N–H and O–H groups in total. The molecule has 0 aliphatic carbocycles. The van der Waals surface area contributed by atoms with Crippen LogP contribution in [0.4, 0.5) is 0 Å². The van der Waals surface area contributed by atoms with Gasteiger partial charge in [-0.05, 0) is 40.3 Å². The number of aliphatic hydroxyl groups excluding tert-OH is 1. The van der Waals surface area contributed by atoms with Crippen LogP contribution >= 0.6 is 11.6 Å². The summed E-state index contributed by atoms with van der Waals surface area (Å²) >= 11 is 6.02. The molecule has 3 nitrogen and oxygen atoms in total. The van der Waals surface area contributed by atoms with Gasteiger partial charge in [-0.1, -0.05) is 92.2 Å². The Labute approximate surface area is 182 Å². The second kappa shape index (κ2) is 8.37. The number of nitrogens with zero attached hydrogens (tertiary/aromatic N) is 1. The molecular weight excluding hydrogens is 394 g/mol. The van der Waals surface area contributed by atoms with Crippen LogP contribution in [0.5, 0.6) is 0 Å². The number of carbonyl (C=O) groups is 1. The minimum Gasteiger partial charge on any atom is -0.503 e. The van der Waals surface area contributed by atoms with Crippen molar-refractivity contribution in [3.05, 3.63) is 112 Å². The van der Waals surface area contributed by atoms with Gasteiger partial charge in [0.05, 0.1) is 6.04 Å². The van der Waals surface area contributed by atoms with Gasteiger partial charge in [0.25, 0.3) is 5.91 Å². The normalized spacial score (nSPS) is 16.6. The summed E-state index contributed by atoms with van der Waals surface area (Å²) in [4.78, 5) is 14.8. The number of carbonyl (C=O) groups excluding carboxylic acids is 1. The summed E-state index contributed by atoms with van der Waals surface area (Å²) in [5, 5.41) is 11.5. The lowest BCUT2D eigenvalue weighted by Crippen LogP contribution is -2.29. The number of aliphatic hydroxyl groups is 1. The van der Waals surface area contributed by atoms with E-state index in [9.17, 15) is 9.90 Å². The van der Waals surface area contributed by atoms with Crippen molar-refractivity contribution in [2.45, 2.75) is 32.4 Å². The summed E-state index contributed by atoms with van der Waals surface area (Å²) in [5.41, 5.74) is 4.66. The lowest BCUT2D eigenvalue weighted by molar-refractivity contribution is -0.130. The van der Waals surface area contributed by atoms with E-state index in [1.807, 2.05) is 54.6 Å². The van der Waals surface area contributed by atoms with Gasteiger partial charge >= 0.3 is 0 Å². The van der Waals surface area contributed by atoms with Crippen molar-refractivity contribution in [2.24, 2.45) is 0 Å². The van der Waals surface area contributed by atoms with Crippen LogP contribution in [-0.2, 0) is 11.3 Å². The quantitative estimate of drug-likeness (QED) is 0.513. The summed E-state index contributed by atoms with van der Waals surface area (Å²) in [6.45, 7) is 4.69. The number of rotatable bonds is 5. The van der Waals surface area contributed by atoms with Crippen molar-refractivity contribution in [3.63, 3.8) is 0 Å². The van der Waals surface area contributed by atoms with Gasteiger partial charge < -0.3 is 10.0 Å². The largest absolute Gasteiger partial charge is 0.503 e. The topological polar surface area (TPSA) is 40.5 Å². The van der Waals surface area contributed by atoms with E-state index in [0.717, 1.165) is 16.7 Å². The molecule has 4 heteroatoms. The first-order chi connectivity index (χ1) is 14.5. The minimum atomic E-state index is -0.364. The van der Waals surface area contributed by atoms with E-state index in [4.69, 9.17) is 11.6 Å². The van der Waals surface area contributed by atoms with Gasteiger partial charge in [0.2, 0.25) is 0 Å². The molecule has 1 unspecified atom stereocenters. The second-order valence-corrected chi connectivity index (χ2v) is 8.35. The zero-order chi connectivity index (χ0) is 21.3. The Kier molecular flexibility index (Phi) is 5.65. The molecule has 0 bridgehead atoms. The Balaban J connectivity index is 1.78. The molecule has 4 rings (SSSR count). The summed E-state index contributed by atoms with van der Waals surface area (Å²) in [5.74, 6) is -0.123. The van der Waals surface area contributed by atoms with Crippen molar-refractivity contribution in [1.29, 1.82) is 0 Å². The van der Waals surface area contributed by atoms with Crippen molar-refractivity contribution in [1.82, 2.24) is 4.90 Å². The van der Waals surface area contributed by atoms with Gasteiger partial charge in [-0.25, -0.2) is 0 Å². The van der Waals surface area contributed by atoms with Crippen LogP contribution in [0.1, 0.15) is 48.1 Å². The summed E-state index contributed by atoms with van der Waals surface area (Å²) in [6.07, 6.45) is 0. The van der Waals surface area contributed by atoms with E-state index in [-0.39, 0.29) is 17.7 Å². The van der Waals surface area contributed by atoms with E-state index in [2.05, 4.69) is 38.1 Å². The number of benzene rings is 3. The van der Waals surface area contributed by atoms with E-state index >= 15 is 0 Å². The Hall–Kier alpha value is -3.04. The molecule has 1 aliphatic heterocycles. The number of hydrogen-bond acceptors (Lipinski definition) is 2. The molecule has 152 valence electrons. The molecule has 0 saturated heterocycles. The first-order valence-corrected chi connectivity index (χ1v) is 10.5. The van der Waals surface area contributed by atoms with Gasteiger partial charge in [0, 0.05) is 17.1 Å². The summed E-state index contributed by atoms with van der Waals surface area (Å²) in [6, 6.07) is 25.0. The van der Waals surface area contributed by atoms with Crippen LogP contribution in [0.15, 0.2) is 84.6 Å². The maximum absolute atomic E-state index is 13.1. The van der Waals surface area contributed by atoms with Gasteiger partial charge in [-0.15, -0.1) is 0 Å². The van der Waals surface area contributed by atoms with Gasteiger partial charge in [0.1, 0.15) is 0 Å². The third-order valence-corrected chi connectivity index (χ3v) is 5.83. The number of amides is 1. The van der Waals surface area contributed by atoms with Gasteiger partial charge in [-0.3, -0.25) is 4.79 Å². The van der Waals surface area contributed by atoms with Crippen molar-refractivity contribution in [2.75, 3.05) is 0 Å². The minimum absolute atomic E-state index is 0.187. The highest BCUT2D eigenvalue weighted by Crippen LogP contribution is 2.43. The monoisotopic (exact) mass is 417 g/mol. The van der Waals surface area contributed by atoms with Crippen LogP contribution in [0, 0.1) is 0 Å². The van der Waals surface area contributed by atoms with E-state index in [1.54, 1.807) is 4.90 Å². The Morgan fingerprint density at radius 3 is 2.17 bits per heavy atom. The smallest absolute Gasteiger partial charge is 0.290 e. The molecule has 0 fully saturated rings. The predicted molar refractivity (Wildman–Crippen MR) is 121 cm³/mol. The summed E-state index contributed by atoms with van der Waals surface area (Å²) in [7, 11) is 0. The third-order valence-electron chi connectivity index (χ3n) is 5.57. The molecular formula is C26H24ClNO2. The molecule has 0 radical (unpaired) electrons. The Bertz CT molecular complexity index is 1070. The Morgan fingerprint density at radius 2 is 1.57 bits per heavy atom. The number of halogens is 1. The average molecular weight is 418 g/mol. The molecule has 1 atom stereocenters. The summed E-state index contributed by atoms with van der Waals surface area (Å²) < 4.78 is 0. The maximum atomic E-state index is 13.1. The maximum Gasteiger partial charge on any atom is 0.290 e. The zero-order valence-corrected chi connectivity index (χ0v) is 17.8. The molecule has 0 spiro atoms. The molecule has 1 aliphatic rings. The molecule has 0 aromatic heterocycles. The van der Waals surface area contributed by atoms with Gasteiger partial charge in [-0.2, -0.15) is 0 Å². The highest BCUT2D eigenvalue weighted by Gasteiger charge is 2.40. The molecule has 30 heavy (non-hydrogen) atoms. The molecule has 0 saturated carbocycles. The highest BCUT2D eigenvalue weighted by atomic mass is 35.5. The van der Waals surface area contributed by atoms with E-state index in [0.29, 0.717) is 23.1 Å². The SMILES string of the molecule is CC(C)c1ccc(C2C(c3ccccc3)=C(O)C(=O)N2Cc2ccc(Cl)cc2)cc1. The average Bonchev–Trinajstić information content (AvgIpc) is 3.01. The zero-order valence-electron chi connectivity index (χ0n) is 17.0. The second-order valence-electron chi connectivity index (χ2n) is 7.91. The number of hydrogen-bond donors (Lipinski definition) is 1. The van der Waals surface area contributed by atoms with Crippen LogP contribution in [-0.4, -0.2) is 15.9 Å². The molecule has 1 heterocycles. The first-order valence-electron chi connectivity index (χ1n) is 10.1. The molecule has 3 aromatic carbocycles. The van der Waals surface area contributed by atoms with Crippen LogP contribution in [0.3, 0.4) is 0 Å². The fraction of sp³-hybridized carbons (Fsp3) is 0.192. The third kappa shape index (κ3) is 3.86. The molecule has 1 amide bonds. The van der Waals surface area contributed by atoms with Crippen molar-refractivity contribution in [3.8, 4) is 0 Å². The van der Waals surface area contributed by atoms with E-state index < -0.39 is 0 Å². The van der Waals surface area contributed by atoms with E-state index in [1.165, 1.54) is 5.56 Å². The fourth-order valence-electron chi connectivity index (χ4n) is 3.93. The van der Waals surface area contributed by atoms with Crippen molar-refractivity contribution < 1.29 is 9.90 Å². The fourth-order valence-corrected chi connectivity index (χ4v) is 4.05. The van der Waals surface area contributed by atoms with Crippen LogP contribution in [0.2, 0.25) is 5.02 Å². The van der Waals surface area contributed by atoms with Gasteiger partial charge in [0.15, 0.2) is 5.76 Å². The van der Waals surface area contributed by atoms with Crippen LogP contribution < -0.4 is 0 Å². The van der Waals surface area contributed by atoms with Crippen molar-refractivity contribution >= 4 is 23.1 Å².